The molecule has 5 nitrogen and oxygen atoms in total. The van der Waals surface area contributed by atoms with E-state index >= 15 is 0 Å². The van der Waals surface area contributed by atoms with Crippen LogP contribution in [-0.2, 0) is 14.8 Å². The van der Waals surface area contributed by atoms with Gasteiger partial charge in [0, 0.05) is 6.54 Å². The molecule has 0 bridgehead atoms. The fraction of sp³-hybridized carbons (Fsp3) is 0.636. The van der Waals surface area contributed by atoms with Crippen molar-refractivity contribution in [2.24, 2.45) is 0 Å². The highest BCUT2D eigenvalue weighted by molar-refractivity contribution is 7.89. The third-order valence-electron chi connectivity index (χ3n) is 2.23. The predicted molar refractivity (Wildman–Crippen MR) is 72.2 cm³/mol. The van der Waals surface area contributed by atoms with Gasteiger partial charge in [-0.2, -0.15) is 11.3 Å². The van der Waals surface area contributed by atoms with E-state index in [1.807, 2.05) is 19.2 Å². The lowest BCUT2D eigenvalue weighted by Crippen LogP contribution is -2.32. The first-order valence-corrected chi connectivity index (χ1v) is 8.29. The average Bonchev–Trinajstić information content (AvgIpc) is 2.78. The van der Waals surface area contributed by atoms with Crippen molar-refractivity contribution >= 4 is 21.4 Å². The van der Waals surface area contributed by atoms with Crippen LogP contribution in [0.2, 0.25) is 0 Å². The van der Waals surface area contributed by atoms with Gasteiger partial charge in [0.05, 0.1) is 24.6 Å². The van der Waals surface area contributed by atoms with Crippen molar-refractivity contribution in [3.63, 3.8) is 0 Å². The Bertz CT molecular complexity index is 428. The Morgan fingerprint density at radius 1 is 1.50 bits per heavy atom. The Balaban J connectivity index is 2.33. The lowest BCUT2D eigenvalue weighted by Gasteiger charge is -2.12. The summed E-state index contributed by atoms with van der Waals surface area (Å²) >= 11 is 1.46. The highest BCUT2D eigenvalue weighted by Crippen LogP contribution is 2.15. The Morgan fingerprint density at radius 3 is 2.78 bits per heavy atom. The smallest absolute Gasteiger partial charge is 0.213 e. The van der Waals surface area contributed by atoms with Crippen LogP contribution in [0.25, 0.3) is 0 Å². The maximum absolute atomic E-state index is 11.6. The summed E-state index contributed by atoms with van der Waals surface area (Å²) in [5, 5.41) is 13.4. The van der Waals surface area contributed by atoms with Gasteiger partial charge in [-0.15, -0.1) is 0 Å². The lowest BCUT2D eigenvalue weighted by molar-refractivity contribution is 0.0910. The van der Waals surface area contributed by atoms with Gasteiger partial charge in [-0.3, -0.25) is 0 Å². The van der Waals surface area contributed by atoms with Crippen LogP contribution < -0.4 is 4.72 Å². The number of thiophene rings is 1. The van der Waals surface area contributed by atoms with E-state index in [0.29, 0.717) is 0 Å². The van der Waals surface area contributed by atoms with Crippen LogP contribution >= 0.6 is 11.3 Å². The summed E-state index contributed by atoms with van der Waals surface area (Å²) in [6, 6.07) is 1.77. The van der Waals surface area contributed by atoms with Crippen molar-refractivity contribution in [3.05, 3.63) is 22.4 Å². The molecule has 104 valence electrons. The molecule has 0 aliphatic rings. The van der Waals surface area contributed by atoms with Crippen LogP contribution in [0.4, 0.5) is 0 Å². The molecule has 0 aromatic carbocycles. The van der Waals surface area contributed by atoms with Crippen molar-refractivity contribution in [3.8, 4) is 0 Å². The highest BCUT2D eigenvalue weighted by atomic mass is 32.2. The summed E-state index contributed by atoms with van der Waals surface area (Å²) in [4.78, 5) is 0. The van der Waals surface area contributed by atoms with Gasteiger partial charge in [-0.25, -0.2) is 13.1 Å². The average molecular weight is 293 g/mol. The molecule has 1 atom stereocenters. The van der Waals surface area contributed by atoms with E-state index in [2.05, 4.69) is 4.72 Å². The van der Waals surface area contributed by atoms with Crippen LogP contribution in [0, 0.1) is 0 Å². The molecular weight excluding hydrogens is 274 g/mol. The molecule has 1 rings (SSSR count). The predicted octanol–water partition coefficient (Wildman–Crippen LogP) is 1.13. The molecule has 0 spiro atoms. The zero-order valence-electron chi connectivity index (χ0n) is 10.5. The van der Waals surface area contributed by atoms with Gasteiger partial charge in [-0.1, -0.05) is 0 Å². The van der Waals surface area contributed by atoms with Crippen LogP contribution in [0.5, 0.6) is 0 Å². The second-order valence-electron chi connectivity index (χ2n) is 4.16. The molecule has 7 heteroatoms. The van der Waals surface area contributed by atoms with Crippen LogP contribution in [0.15, 0.2) is 16.8 Å². The number of ether oxygens (including phenoxy) is 1. The molecule has 0 aliphatic heterocycles. The number of aliphatic hydroxyl groups is 1. The maximum Gasteiger partial charge on any atom is 0.213 e. The van der Waals surface area contributed by atoms with Gasteiger partial charge in [0.15, 0.2) is 0 Å². The first-order valence-electron chi connectivity index (χ1n) is 5.70. The number of aliphatic hydroxyl groups excluding tert-OH is 1. The summed E-state index contributed by atoms with van der Waals surface area (Å²) in [6.07, 6.45) is -0.798. The summed E-state index contributed by atoms with van der Waals surface area (Å²) in [6.45, 7) is 3.84. The first kappa shape index (κ1) is 15.6. The van der Waals surface area contributed by atoms with E-state index in [-0.39, 0.29) is 25.0 Å². The summed E-state index contributed by atoms with van der Waals surface area (Å²) < 4.78 is 30.7. The fourth-order valence-electron chi connectivity index (χ4n) is 1.25. The Morgan fingerprint density at radius 2 is 2.22 bits per heavy atom. The van der Waals surface area contributed by atoms with E-state index in [1.54, 1.807) is 11.4 Å². The van der Waals surface area contributed by atoms with Crippen molar-refractivity contribution in [2.75, 3.05) is 18.9 Å². The molecule has 0 fully saturated rings. The molecule has 2 N–H and O–H groups in total. The SMILES string of the molecule is CC(C)OCCS(=O)(=O)NCC(O)c1ccsc1. The van der Waals surface area contributed by atoms with Crippen molar-refractivity contribution in [1.82, 2.24) is 4.72 Å². The number of nitrogens with one attached hydrogen (secondary N) is 1. The number of rotatable bonds is 8. The molecule has 0 amide bonds. The number of hydrogen-bond acceptors (Lipinski definition) is 5. The maximum atomic E-state index is 11.6. The molecule has 1 unspecified atom stereocenters. The van der Waals surface area contributed by atoms with Crippen LogP contribution in [0.3, 0.4) is 0 Å². The van der Waals surface area contributed by atoms with Crippen molar-refractivity contribution in [1.29, 1.82) is 0 Å². The first-order chi connectivity index (χ1) is 8.41. The van der Waals surface area contributed by atoms with E-state index in [9.17, 15) is 13.5 Å². The summed E-state index contributed by atoms with van der Waals surface area (Å²) in [7, 11) is -3.39. The monoisotopic (exact) mass is 293 g/mol. The van der Waals surface area contributed by atoms with E-state index in [0.717, 1.165) is 5.56 Å². The van der Waals surface area contributed by atoms with Gasteiger partial charge in [-0.05, 0) is 36.2 Å². The Kier molecular flexibility index (Phi) is 6.24. The van der Waals surface area contributed by atoms with E-state index in [4.69, 9.17) is 4.74 Å². The van der Waals surface area contributed by atoms with Crippen molar-refractivity contribution in [2.45, 2.75) is 26.1 Å². The summed E-state index contributed by atoms with van der Waals surface area (Å²) in [5.41, 5.74) is 0.723. The third-order valence-corrected chi connectivity index (χ3v) is 4.24. The van der Waals surface area contributed by atoms with E-state index < -0.39 is 16.1 Å². The second-order valence-corrected chi connectivity index (χ2v) is 6.87. The molecule has 0 saturated carbocycles. The zero-order valence-corrected chi connectivity index (χ0v) is 12.1. The molecule has 0 radical (unpaired) electrons. The minimum atomic E-state index is -3.39. The molecule has 18 heavy (non-hydrogen) atoms. The van der Waals surface area contributed by atoms with Crippen molar-refractivity contribution < 1.29 is 18.3 Å². The Labute approximate surface area is 112 Å². The van der Waals surface area contributed by atoms with Crippen LogP contribution in [0.1, 0.15) is 25.5 Å². The largest absolute Gasteiger partial charge is 0.387 e. The zero-order chi connectivity index (χ0) is 13.6. The number of sulfonamides is 1. The normalized spacial score (nSPS) is 14.0. The second kappa shape index (κ2) is 7.20. The quantitative estimate of drug-likeness (QED) is 0.753. The molecule has 1 aromatic heterocycles. The molecule has 0 aliphatic carbocycles. The molecule has 1 aromatic rings. The third kappa shape index (κ3) is 5.92. The standard InChI is InChI=1S/C11H19NO4S2/c1-9(2)16-4-6-18(14,15)12-7-11(13)10-3-5-17-8-10/h3,5,8-9,11-13H,4,6-7H2,1-2H3. The topological polar surface area (TPSA) is 75.6 Å². The molecule has 0 saturated heterocycles. The van der Waals surface area contributed by atoms with Gasteiger partial charge in [0.25, 0.3) is 0 Å². The lowest BCUT2D eigenvalue weighted by atomic mass is 10.2. The minimum Gasteiger partial charge on any atom is -0.387 e. The van der Waals surface area contributed by atoms with Gasteiger partial charge in [0.1, 0.15) is 0 Å². The van der Waals surface area contributed by atoms with E-state index in [1.165, 1.54) is 11.3 Å². The fourth-order valence-corrected chi connectivity index (χ4v) is 2.83. The van der Waals surface area contributed by atoms with Gasteiger partial charge < -0.3 is 9.84 Å². The Hall–Kier alpha value is -0.470. The van der Waals surface area contributed by atoms with Gasteiger partial charge in [0.2, 0.25) is 10.0 Å². The molecule has 1 heterocycles. The minimum absolute atomic E-state index is 0.0107. The van der Waals surface area contributed by atoms with Gasteiger partial charge >= 0.3 is 0 Å². The highest BCUT2D eigenvalue weighted by Gasteiger charge is 2.14. The summed E-state index contributed by atoms with van der Waals surface area (Å²) in [5.74, 6) is -0.0957. The van der Waals surface area contributed by atoms with Crippen LogP contribution in [-0.4, -0.2) is 38.5 Å². The molecular formula is C11H19NO4S2. The number of hydrogen-bond donors (Lipinski definition) is 2.